The lowest BCUT2D eigenvalue weighted by molar-refractivity contribution is -0.129. The van der Waals surface area contributed by atoms with E-state index in [-0.39, 0.29) is 12.3 Å². The minimum absolute atomic E-state index is 0.146. The lowest BCUT2D eigenvalue weighted by Gasteiger charge is -2.09. The van der Waals surface area contributed by atoms with E-state index in [2.05, 4.69) is 10.9 Å². The minimum atomic E-state index is -0.492. The summed E-state index contributed by atoms with van der Waals surface area (Å²) >= 11 is 0. The van der Waals surface area contributed by atoms with E-state index >= 15 is 0 Å². The van der Waals surface area contributed by atoms with Crippen LogP contribution in [0.15, 0.2) is 53.2 Å². The molecular formula is C21H17NO4. The predicted molar refractivity (Wildman–Crippen MR) is 99.1 cm³/mol. The molecule has 2 aromatic rings. The molecule has 0 saturated carbocycles. The standard InChI is InChI=1S/C21H17NO4/c1-4-10-25-18-9-8-15(13-19(18)24-3)12-17-21(23)26-20(22-17)16-7-5-6-14(2)11-16/h1,5-9,11-13H,10H2,2-3H3/b17-12+. The van der Waals surface area contributed by atoms with Crippen molar-refractivity contribution in [3.63, 3.8) is 0 Å². The van der Waals surface area contributed by atoms with E-state index in [0.29, 0.717) is 17.4 Å². The molecule has 5 heteroatoms. The summed E-state index contributed by atoms with van der Waals surface area (Å²) in [7, 11) is 1.53. The number of carbonyl (C=O) groups excluding carboxylic acids is 1. The molecule has 0 N–H and O–H groups in total. The highest BCUT2D eigenvalue weighted by Gasteiger charge is 2.24. The van der Waals surface area contributed by atoms with E-state index in [1.54, 1.807) is 24.3 Å². The molecule has 0 fully saturated rings. The summed E-state index contributed by atoms with van der Waals surface area (Å²) in [6.07, 6.45) is 6.84. The zero-order chi connectivity index (χ0) is 18.5. The van der Waals surface area contributed by atoms with Crippen LogP contribution in [-0.2, 0) is 9.53 Å². The molecule has 0 atom stereocenters. The Morgan fingerprint density at radius 2 is 2.08 bits per heavy atom. The molecule has 0 unspecified atom stereocenters. The number of esters is 1. The lowest BCUT2D eigenvalue weighted by Crippen LogP contribution is -2.05. The van der Waals surface area contributed by atoms with E-state index in [9.17, 15) is 4.79 Å². The summed E-state index contributed by atoms with van der Waals surface area (Å²) in [5.41, 5.74) is 2.78. The molecule has 2 aromatic carbocycles. The number of hydrogen-bond acceptors (Lipinski definition) is 5. The molecule has 0 aliphatic carbocycles. The van der Waals surface area contributed by atoms with Crippen molar-refractivity contribution < 1.29 is 19.0 Å². The number of nitrogens with zero attached hydrogens (tertiary/aromatic N) is 1. The van der Waals surface area contributed by atoms with Gasteiger partial charge < -0.3 is 14.2 Å². The van der Waals surface area contributed by atoms with Gasteiger partial charge in [0.25, 0.3) is 0 Å². The van der Waals surface area contributed by atoms with Crippen molar-refractivity contribution in [3.8, 4) is 23.8 Å². The molecule has 130 valence electrons. The van der Waals surface area contributed by atoms with Crippen molar-refractivity contribution >= 4 is 17.9 Å². The van der Waals surface area contributed by atoms with Gasteiger partial charge in [0, 0.05) is 5.56 Å². The number of rotatable bonds is 5. The van der Waals surface area contributed by atoms with Gasteiger partial charge in [0.2, 0.25) is 5.90 Å². The van der Waals surface area contributed by atoms with Gasteiger partial charge in [-0.05, 0) is 42.8 Å². The van der Waals surface area contributed by atoms with Gasteiger partial charge in [-0.2, -0.15) is 0 Å². The van der Waals surface area contributed by atoms with Gasteiger partial charge in [-0.25, -0.2) is 9.79 Å². The average molecular weight is 347 g/mol. The number of benzene rings is 2. The van der Waals surface area contributed by atoms with Gasteiger partial charge >= 0.3 is 5.97 Å². The Bertz CT molecular complexity index is 951. The summed E-state index contributed by atoms with van der Waals surface area (Å²) in [5.74, 6) is 3.26. The predicted octanol–water partition coefficient (Wildman–Crippen LogP) is 3.36. The van der Waals surface area contributed by atoms with E-state index in [1.807, 2.05) is 31.2 Å². The fourth-order valence-electron chi connectivity index (χ4n) is 2.48. The van der Waals surface area contributed by atoms with Crippen molar-refractivity contribution in [1.82, 2.24) is 0 Å². The number of aryl methyl sites for hydroxylation is 1. The quantitative estimate of drug-likeness (QED) is 0.473. The fourth-order valence-corrected chi connectivity index (χ4v) is 2.48. The van der Waals surface area contributed by atoms with Gasteiger partial charge in [0.1, 0.15) is 6.61 Å². The lowest BCUT2D eigenvalue weighted by atomic mass is 10.1. The van der Waals surface area contributed by atoms with Crippen LogP contribution in [0.1, 0.15) is 16.7 Å². The highest BCUT2D eigenvalue weighted by molar-refractivity contribution is 6.12. The maximum atomic E-state index is 12.1. The Hall–Kier alpha value is -3.52. The third-order valence-electron chi connectivity index (χ3n) is 3.69. The Kier molecular flexibility index (Phi) is 5.04. The number of ether oxygens (including phenoxy) is 3. The second kappa shape index (κ2) is 7.58. The molecular weight excluding hydrogens is 330 g/mol. The smallest absolute Gasteiger partial charge is 0.363 e. The Morgan fingerprint density at radius 1 is 1.23 bits per heavy atom. The molecule has 0 amide bonds. The zero-order valence-electron chi connectivity index (χ0n) is 14.5. The Morgan fingerprint density at radius 3 is 2.81 bits per heavy atom. The van der Waals surface area contributed by atoms with E-state index in [1.165, 1.54) is 7.11 Å². The maximum absolute atomic E-state index is 12.1. The van der Waals surface area contributed by atoms with Crippen molar-refractivity contribution in [3.05, 3.63) is 64.9 Å². The summed E-state index contributed by atoms with van der Waals surface area (Å²) in [6, 6.07) is 12.9. The monoisotopic (exact) mass is 347 g/mol. The summed E-state index contributed by atoms with van der Waals surface area (Å²) in [6.45, 7) is 2.11. The average Bonchev–Trinajstić information content (AvgIpc) is 3.01. The van der Waals surface area contributed by atoms with Crippen molar-refractivity contribution in [2.75, 3.05) is 13.7 Å². The van der Waals surface area contributed by atoms with E-state index in [0.717, 1.165) is 16.7 Å². The first-order valence-electron chi connectivity index (χ1n) is 7.94. The van der Waals surface area contributed by atoms with E-state index in [4.69, 9.17) is 20.6 Å². The molecule has 5 nitrogen and oxygen atoms in total. The number of terminal acetylenes is 1. The Balaban J connectivity index is 1.89. The second-order valence-electron chi connectivity index (χ2n) is 5.61. The molecule has 1 heterocycles. The zero-order valence-corrected chi connectivity index (χ0v) is 14.5. The SMILES string of the molecule is C#CCOc1ccc(/C=C2/N=C(c3cccc(C)c3)OC2=O)cc1OC. The highest BCUT2D eigenvalue weighted by Crippen LogP contribution is 2.29. The van der Waals surface area contributed by atoms with Gasteiger partial charge in [-0.1, -0.05) is 29.7 Å². The first kappa shape index (κ1) is 17.3. The summed E-state index contributed by atoms with van der Waals surface area (Å²) in [4.78, 5) is 16.4. The van der Waals surface area contributed by atoms with E-state index < -0.39 is 5.97 Å². The topological polar surface area (TPSA) is 57.1 Å². The molecule has 0 saturated heterocycles. The highest BCUT2D eigenvalue weighted by atomic mass is 16.6. The van der Waals surface area contributed by atoms with Crippen LogP contribution >= 0.6 is 0 Å². The fraction of sp³-hybridized carbons (Fsp3) is 0.143. The molecule has 0 spiro atoms. The third kappa shape index (κ3) is 3.76. The number of methoxy groups -OCH3 is 1. The van der Waals surface area contributed by atoms with Crippen LogP contribution in [0.3, 0.4) is 0 Å². The largest absolute Gasteiger partial charge is 0.493 e. The van der Waals surface area contributed by atoms with Crippen LogP contribution in [0.4, 0.5) is 0 Å². The van der Waals surface area contributed by atoms with Crippen LogP contribution in [0.5, 0.6) is 11.5 Å². The molecule has 0 bridgehead atoms. The summed E-state index contributed by atoms with van der Waals surface area (Å²) in [5, 5.41) is 0. The number of cyclic esters (lactones) is 1. The van der Waals surface area contributed by atoms with Gasteiger partial charge in [-0.3, -0.25) is 0 Å². The normalized spacial score (nSPS) is 14.6. The van der Waals surface area contributed by atoms with Crippen LogP contribution in [0.2, 0.25) is 0 Å². The molecule has 0 aromatic heterocycles. The molecule has 0 radical (unpaired) electrons. The van der Waals surface area contributed by atoms with Crippen LogP contribution in [-0.4, -0.2) is 25.6 Å². The number of hydrogen-bond donors (Lipinski definition) is 0. The van der Waals surface area contributed by atoms with Crippen LogP contribution in [0.25, 0.3) is 6.08 Å². The first-order chi connectivity index (χ1) is 12.6. The molecule has 1 aliphatic heterocycles. The number of carbonyl (C=O) groups is 1. The van der Waals surface area contributed by atoms with Crippen LogP contribution < -0.4 is 9.47 Å². The second-order valence-corrected chi connectivity index (χ2v) is 5.61. The Labute approximate surface area is 151 Å². The van der Waals surface area contributed by atoms with Gasteiger partial charge in [0.05, 0.1) is 7.11 Å². The minimum Gasteiger partial charge on any atom is -0.493 e. The first-order valence-corrected chi connectivity index (χ1v) is 7.94. The van der Waals surface area contributed by atoms with Crippen molar-refractivity contribution in [2.45, 2.75) is 6.92 Å². The van der Waals surface area contributed by atoms with Gasteiger partial charge in [0.15, 0.2) is 17.2 Å². The maximum Gasteiger partial charge on any atom is 0.363 e. The van der Waals surface area contributed by atoms with Crippen molar-refractivity contribution in [1.29, 1.82) is 0 Å². The van der Waals surface area contributed by atoms with Crippen LogP contribution in [0, 0.1) is 19.3 Å². The molecule has 3 rings (SSSR count). The summed E-state index contributed by atoms with van der Waals surface area (Å²) < 4.78 is 16.0. The molecule has 1 aliphatic rings. The van der Waals surface area contributed by atoms with Gasteiger partial charge in [-0.15, -0.1) is 6.42 Å². The number of aliphatic imine (C=N–C) groups is 1. The van der Waals surface area contributed by atoms with Crippen molar-refractivity contribution in [2.24, 2.45) is 4.99 Å². The molecule has 26 heavy (non-hydrogen) atoms. The third-order valence-corrected chi connectivity index (χ3v) is 3.69.